The largest absolute Gasteiger partial charge is 0.334 e. The monoisotopic (exact) mass is 258 g/mol. The Labute approximate surface area is 100 Å². The number of hydrogen-bond acceptors (Lipinski definition) is 5. The summed E-state index contributed by atoms with van der Waals surface area (Å²) >= 11 is 6.79. The molecular weight excluding hydrogens is 252 g/mol. The van der Waals surface area contributed by atoms with E-state index < -0.39 is 6.04 Å². The molecule has 2 amide bonds. The van der Waals surface area contributed by atoms with Crippen molar-refractivity contribution in [2.45, 2.75) is 6.04 Å². The molecule has 1 aliphatic rings. The van der Waals surface area contributed by atoms with Crippen LogP contribution in [-0.2, 0) is 4.79 Å². The van der Waals surface area contributed by atoms with E-state index in [1.165, 1.54) is 12.4 Å². The van der Waals surface area contributed by atoms with Crippen LogP contribution in [0.4, 0.5) is 10.6 Å². The van der Waals surface area contributed by atoms with Crippen molar-refractivity contribution in [3.05, 3.63) is 17.5 Å². The Morgan fingerprint density at radius 2 is 2.31 bits per heavy atom. The molecule has 8 heteroatoms. The van der Waals surface area contributed by atoms with Gasteiger partial charge in [-0.15, -0.1) is 0 Å². The second-order valence-corrected chi connectivity index (χ2v) is 4.33. The molecule has 0 aliphatic carbocycles. The van der Waals surface area contributed by atoms with Gasteiger partial charge in [0.25, 0.3) is 5.24 Å². The highest BCUT2D eigenvalue weighted by molar-refractivity contribution is 8.14. The first-order valence-electron chi connectivity index (χ1n) is 4.37. The third-order valence-electron chi connectivity index (χ3n) is 1.88. The number of amides is 2. The van der Waals surface area contributed by atoms with E-state index >= 15 is 0 Å². The van der Waals surface area contributed by atoms with Crippen LogP contribution < -0.4 is 10.6 Å². The molecule has 1 saturated heterocycles. The Bertz CT molecular complexity index is 442. The fraction of sp³-hybridized carbons (Fsp3) is 0.250. The summed E-state index contributed by atoms with van der Waals surface area (Å²) in [5, 5.41) is 4.93. The zero-order valence-corrected chi connectivity index (χ0v) is 9.51. The summed E-state index contributed by atoms with van der Waals surface area (Å²) in [6.07, 6.45) is 2.84. The fourth-order valence-corrected chi connectivity index (χ4v) is 2.07. The van der Waals surface area contributed by atoms with Crippen molar-refractivity contribution < 1.29 is 9.59 Å². The van der Waals surface area contributed by atoms with Crippen molar-refractivity contribution in [3.63, 3.8) is 0 Å². The first-order valence-corrected chi connectivity index (χ1v) is 5.74. The molecule has 0 saturated carbocycles. The lowest BCUT2D eigenvalue weighted by atomic mass is 10.3. The van der Waals surface area contributed by atoms with E-state index in [0.29, 0.717) is 5.75 Å². The number of aromatic nitrogens is 2. The maximum absolute atomic E-state index is 11.6. The second kappa shape index (κ2) is 4.67. The van der Waals surface area contributed by atoms with Gasteiger partial charge in [0, 0.05) is 18.1 Å². The molecule has 1 atom stereocenters. The van der Waals surface area contributed by atoms with Crippen LogP contribution in [0.1, 0.15) is 0 Å². The van der Waals surface area contributed by atoms with Gasteiger partial charge in [-0.2, -0.15) is 0 Å². The molecule has 0 aromatic carbocycles. The van der Waals surface area contributed by atoms with Crippen LogP contribution in [-0.4, -0.2) is 32.9 Å². The minimum Gasteiger partial charge on any atom is -0.334 e. The first-order chi connectivity index (χ1) is 7.66. The molecule has 2 heterocycles. The van der Waals surface area contributed by atoms with Gasteiger partial charge in [0.05, 0.1) is 0 Å². The summed E-state index contributed by atoms with van der Waals surface area (Å²) in [6.45, 7) is 0. The molecule has 1 unspecified atom stereocenters. The zero-order valence-electron chi connectivity index (χ0n) is 7.94. The standard InChI is InChI=1S/C8H7ClN4O2S/c9-5-6(11-2-1-10-5)13-7(14)4-3-16-8(15)12-4/h1-2,4H,3H2,(H,12,15)(H,11,13,14). The molecule has 2 rings (SSSR count). The molecule has 1 aliphatic heterocycles. The van der Waals surface area contributed by atoms with Gasteiger partial charge in [-0.1, -0.05) is 23.4 Å². The third kappa shape index (κ3) is 2.42. The Morgan fingerprint density at radius 3 is 2.94 bits per heavy atom. The molecule has 0 radical (unpaired) electrons. The maximum Gasteiger partial charge on any atom is 0.279 e. The van der Waals surface area contributed by atoms with Gasteiger partial charge < -0.3 is 10.6 Å². The van der Waals surface area contributed by atoms with Crippen LogP contribution in [0.5, 0.6) is 0 Å². The first kappa shape index (κ1) is 11.2. The van der Waals surface area contributed by atoms with E-state index in [2.05, 4.69) is 20.6 Å². The second-order valence-electron chi connectivity index (χ2n) is 2.98. The number of nitrogens with zero attached hydrogens (tertiary/aromatic N) is 2. The third-order valence-corrected chi connectivity index (χ3v) is 3.04. The van der Waals surface area contributed by atoms with Gasteiger partial charge in [-0.25, -0.2) is 9.97 Å². The Kier molecular flexibility index (Phi) is 3.25. The molecule has 6 nitrogen and oxygen atoms in total. The zero-order chi connectivity index (χ0) is 11.5. The molecule has 1 fully saturated rings. The van der Waals surface area contributed by atoms with E-state index in [1.807, 2.05) is 0 Å². The van der Waals surface area contributed by atoms with Crippen LogP contribution in [0.3, 0.4) is 0 Å². The predicted octanol–water partition coefficient (Wildman–Crippen LogP) is 0.893. The summed E-state index contributed by atoms with van der Waals surface area (Å²) in [7, 11) is 0. The quantitative estimate of drug-likeness (QED) is 0.823. The van der Waals surface area contributed by atoms with Gasteiger partial charge in [-0.3, -0.25) is 9.59 Å². The molecule has 2 N–H and O–H groups in total. The van der Waals surface area contributed by atoms with Crippen molar-refractivity contribution in [1.29, 1.82) is 0 Å². The Hall–Kier alpha value is -1.34. The Balaban J connectivity index is 2.03. The van der Waals surface area contributed by atoms with Crippen molar-refractivity contribution in [1.82, 2.24) is 15.3 Å². The summed E-state index contributed by atoms with van der Waals surface area (Å²) in [6, 6.07) is -0.546. The topological polar surface area (TPSA) is 84.0 Å². The summed E-state index contributed by atoms with van der Waals surface area (Å²) in [5.41, 5.74) is 0. The van der Waals surface area contributed by atoms with Crippen LogP contribution in [0.15, 0.2) is 12.4 Å². The molecular formula is C8H7ClN4O2S. The van der Waals surface area contributed by atoms with Gasteiger partial charge in [0.1, 0.15) is 6.04 Å². The molecule has 16 heavy (non-hydrogen) atoms. The lowest BCUT2D eigenvalue weighted by molar-refractivity contribution is -0.117. The van der Waals surface area contributed by atoms with E-state index in [-0.39, 0.29) is 22.1 Å². The van der Waals surface area contributed by atoms with E-state index in [9.17, 15) is 9.59 Å². The number of hydrogen-bond donors (Lipinski definition) is 2. The smallest absolute Gasteiger partial charge is 0.279 e. The molecule has 1 aromatic rings. The van der Waals surface area contributed by atoms with E-state index in [4.69, 9.17) is 11.6 Å². The van der Waals surface area contributed by atoms with Crippen LogP contribution >= 0.6 is 23.4 Å². The average molecular weight is 259 g/mol. The van der Waals surface area contributed by atoms with E-state index in [0.717, 1.165) is 11.8 Å². The maximum atomic E-state index is 11.6. The highest BCUT2D eigenvalue weighted by Crippen LogP contribution is 2.17. The number of anilines is 1. The minimum atomic E-state index is -0.546. The van der Waals surface area contributed by atoms with Crippen molar-refractivity contribution >= 4 is 40.3 Å². The Morgan fingerprint density at radius 1 is 1.56 bits per heavy atom. The molecule has 0 spiro atoms. The predicted molar refractivity (Wildman–Crippen MR) is 60.4 cm³/mol. The number of halogens is 1. The molecule has 84 valence electrons. The number of rotatable bonds is 2. The average Bonchev–Trinajstić information content (AvgIpc) is 2.68. The van der Waals surface area contributed by atoms with Crippen molar-refractivity contribution in [3.8, 4) is 0 Å². The van der Waals surface area contributed by atoms with Gasteiger partial charge >= 0.3 is 0 Å². The normalized spacial score (nSPS) is 19.3. The highest BCUT2D eigenvalue weighted by atomic mass is 35.5. The summed E-state index contributed by atoms with van der Waals surface area (Å²) in [4.78, 5) is 30.2. The number of thioether (sulfide) groups is 1. The SMILES string of the molecule is O=C1NC(C(=O)Nc2nccnc2Cl)CS1. The summed E-state index contributed by atoms with van der Waals surface area (Å²) in [5.74, 6) is 0.254. The fourth-order valence-electron chi connectivity index (χ4n) is 1.13. The van der Waals surface area contributed by atoms with Gasteiger partial charge in [0.15, 0.2) is 11.0 Å². The van der Waals surface area contributed by atoms with Crippen LogP contribution in [0.25, 0.3) is 0 Å². The molecule has 1 aromatic heterocycles. The van der Waals surface area contributed by atoms with Crippen molar-refractivity contribution in [2.24, 2.45) is 0 Å². The van der Waals surface area contributed by atoms with E-state index in [1.54, 1.807) is 0 Å². The number of carbonyl (C=O) groups is 2. The number of nitrogens with one attached hydrogen (secondary N) is 2. The lowest BCUT2D eigenvalue weighted by Crippen LogP contribution is -2.38. The lowest BCUT2D eigenvalue weighted by Gasteiger charge is -2.09. The molecule has 0 bridgehead atoms. The van der Waals surface area contributed by atoms with Crippen LogP contribution in [0.2, 0.25) is 5.15 Å². The number of carbonyl (C=O) groups excluding carboxylic acids is 2. The minimum absolute atomic E-state index is 0.118. The van der Waals surface area contributed by atoms with Gasteiger partial charge in [-0.05, 0) is 0 Å². The van der Waals surface area contributed by atoms with Crippen LogP contribution in [0, 0.1) is 0 Å². The highest BCUT2D eigenvalue weighted by Gasteiger charge is 2.28. The summed E-state index contributed by atoms with van der Waals surface area (Å²) < 4.78 is 0. The van der Waals surface area contributed by atoms with Crippen molar-refractivity contribution in [2.75, 3.05) is 11.1 Å². The van der Waals surface area contributed by atoms with Gasteiger partial charge in [0.2, 0.25) is 5.91 Å².